The lowest BCUT2D eigenvalue weighted by Crippen LogP contribution is -2.18. The molecule has 0 amide bonds. The molecule has 1 N–H and O–H groups in total. The third kappa shape index (κ3) is 5.21. The zero-order valence-corrected chi connectivity index (χ0v) is 12.0. The largest absolute Gasteiger partial charge is 0.464 e. The molecule has 0 aliphatic rings. The van der Waals surface area contributed by atoms with Gasteiger partial charge < -0.3 is 10.1 Å². The molecule has 0 fully saturated rings. The minimum atomic E-state index is -0.567. The van der Waals surface area contributed by atoms with E-state index in [2.05, 4.69) is 26.2 Å². The summed E-state index contributed by atoms with van der Waals surface area (Å²) in [5.41, 5.74) is -0.198. The Hall–Kier alpha value is -1.70. The highest BCUT2D eigenvalue weighted by molar-refractivity contribution is 9.10. The SMILES string of the molecule is CCCCOC(=O)CNc1ncc(Br)cc1[N+](=O)[O-]. The molecule has 1 aromatic heterocycles. The monoisotopic (exact) mass is 331 g/mol. The van der Waals surface area contributed by atoms with Crippen molar-refractivity contribution < 1.29 is 14.5 Å². The number of esters is 1. The third-order valence-electron chi connectivity index (χ3n) is 2.19. The van der Waals surface area contributed by atoms with Crippen molar-refractivity contribution in [2.24, 2.45) is 0 Å². The molecule has 8 heteroatoms. The number of ether oxygens (including phenoxy) is 1. The molecule has 1 rings (SSSR count). The van der Waals surface area contributed by atoms with Crippen LogP contribution in [0.4, 0.5) is 11.5 Å². The molecule has 0 spiro atoms. The van der Waals surface area contributed by atoms with Crippen molar-refractivity contribution in [3.05, 3.63) is 26.9 Å². The molecule has 0 saturated carbocycles. The average molecular weight is 332 g/mol. The van der Waals surface area contributed by atoms with Crippen LogP contribution in [0.15, 0.2) is 16.7 Å². The van der Waals surface area contributed by atoms with Gasteiger partial charge in [0.2, 0.25) is 5.82 Å². The average Bonchev–Trinajstić information content (AvgIpc) is 2.37. The molecule has 0 aliphatic carbocycles. The lowest BCUT2D eigenvalue weighted by molar-refractivity contribution is -0.384. The molecule has 0 bridgehead atoms. The number of halogens is 1. The number of hydrogen-bond donors (Lipinski definition) is 1. The van der Waals surface area contributed by atoms with Crippen molar-refractivity contribution in [1.29, 1.82) is 0 Å². The van der Waals surface area contributed by atoms with Gasteiger partial charge in [-0.05, 0) is 22.4 Å². The number of nitrogens with one attached hydrogen (secondary N) is 1. The van der Waals surface area contributed by atoms with Gasteiger partial charge >= 0.3 is 11.7 Å². The molecule has 19 heavy (non-hydrogen) atoms. The van der Waals surface area contributed by atoms with Gasteiger partial charge in [0.1, 0.15) is 6.54 Å². The number of carbonyl (C=O) groups excluding carboxylic acids is 1. The number of pyridine rings is 1. The van der Waals surface area contributed by atoms with E-state index in [1.807, 2.05) is 6.92 Å². The van der Waals surface area contributed by atoms with Crippen LogP contribution in [-0.2, 0) is 9.53 Å². The predicted molar refractivity (Wildman–Crippen MR) is 72.9 cm³/mol. The van der Waals surface area contributed by atoms with E-state index in [-0.39, 0.29) is 18.1 Å². The van der Waals surface area contributed by atoms with Gasteiger partial charge in [-0.3, -0.25) is 14.9 Å². The van der Waals surface area contributed by atoms with Crippen LogP contribution in [0.1, 0.15) is 19.8 Å². The molecule has 0 saturated heterocycles. The summed E-state index contributed by atoms with van der Waals surface area (Å²) in [6.45, 7) is 2.19. The fourth-order valence-corrected chi connectivity index (χ4v) is 1.56. The fourth-order valence-electron chi connectivity index (χ4n) is 1.24. The Morgan fingerprint density at radius 2 is 2.37 bits per heavy atom. The Kier molecular flexibility index (Phi) is 6.20. The summed E-state index contributed by atoms with van der Waals surface area (Å²) in [6.07, 6.45) is 3.14. The van der Waals surface area contributed by atoms with Crippen LogP contribution in [0.5, 0.6) is 0 Å². The number of hydrogen-bond acceptors (Lipinski definition) is 6. The maximum Gasteiger partial charge on any atom is 0.325 e. The zero-order valence-electron chi connectivity index (χ0n) is 10.4. The first-order valence-corrected chi connectivity index (χ1v) is 6.53. The number of nitrogens with zero attached hydrogens (tertiary/aromatic N) is 2. The van der Waals surface area contributed by atoms with Crippen LogP contribution in [0.25, 0.3) is 0 Å². The Bertz CT molecular complexity index is 467. The highest BCUT2D eigenvalue weighted by atomic mass is 79.9. The van der Waals surface area contributed by atoms with E-state index in [0.717, 1.165) is 12.8 Å². The molecule has 0 aromatic carbocycles. The van der Waals surface area contributed by atoms with Gasteiger partial charge in [0, 0.05) is 16.7 Å². The second-order valence-electron chi connectivity index (χ2n) is 3.71. The topological polar surface area (TPSA) is 94.4 Å². The van der Waals surface area contributed by atoms with Crippen LogP contribution in [-0.4, -0.2) is 29.0 Å². The van der Waals surface area contributed by atoms with Gasteiger partial charge in [0.25, 0.3) is 0 Å². The summed E-state index contributed by atoms with van der Waals surface area (Å²) in [4.78, 5) is 25.5. The van der Waals surface area contributed by atoms with Gasteiger partial charge in [-0.1, -0.05) is 13.3 Å². The fraction of sp³-hybridized carbons (Fsp3) is 0.455. The Morgan fingerprint density at radius 1 is 1.63 bits per heavy atom. The van der Waals surface area contributed by atoms with Crippen molar-refractivity contribution in [1.82, 2.24) is 4.98 Å². The van der Waals surface area contributed by atoms with Gasteiger partial charge in [-0.2, -0.15) is 0 Å². The Balaban J connectivity index is 2.57. The Morgan fingerprint density at radius 3 is 3.00 bits per heavy atom. The molecular formula is C11H14BrN3O4. The third-order valence-corrected chi connectivity index (χ3v) is 2.63. The standard InChI is InChI=1S/C11H14BrN3O4/c1-2-3-4-19-10(16)7-14-11-9(15(17)18)5-8(12)6-13-11/h5-6H,2-4,7H2,1H3,(H,13,14). The number of rotatable bonds is 7. The van der Waals surface area contributed by atoms with Crippen LogP contribution < -0.4 is 5.32 Å². The summed E-state index contributed by atoms with van der Waals surface area (Å²) in [6, 6.07) is 1.32. The summed E-state index contributed by atoms with van der Waals surface area (Å²) >= 11 is 3.10. The first-order valence-electron chi connectivity index (χ1n) is 5.74. The normalized spacial score (nSPS) is 10.0. The Labute approximate surface area is 118 Å². The van der Waals surface area contributed by atoms with E-state index >= 15 is 0 Å². The van der Waals surface area contributed by atoms with E-state index in [0.29, 0.717) is 11.1 Å². The highest BCUT2D eigenvalue weighted by Gasteiger charge is 2.16. The molecule has 1 heterocycles. The molecule has 1 aromatic rings. The quantitative estimate of drug-likeness (QED) is 0.357. The maximum absolute atomic E-state index is 11.3. The second-order valence-corrected chi connectivity index (χ2v) is 4.62. The number of unbranched alkanes of at least 4 members (excludes halogenated alkanes) is 1. The van der Waals surface area contributed by atoms with Gasteiger partial charge in [-0.25, -0.2) is 4.98 Å². The van der Waals surface area contributed by atoms with Gasteiger partial charge in [0.15, 0.2) is 0 Å². The van der Waals surface area contributed by atoms with Gasteiger partial charge in [0.05, 0.1) is 11.5 Å². The molecule has 0 unspecified atom stereocenters. The minimum Gasteiger partial charge on any atom is -0.464 e. The first-order chi connectivity index (χ1) is 9.04. The van der Waals surface area contributed by atoms with Crippen LogP contribution in [0.3, 0.4) is 0 Å². The van der Waals surface area contributed by atoms with Crippen molar-refractivity contribution in [2.45, 2.75) is 19.8 Å². The molecule has 0 atom stereocenters. The van der Waals surface area contributed by atoms with Crippen molar-refractivity contribution >= 4 is 33.4 Å². The second kappa shape index (κ2) is 7.67. The van der Waals surface area contributed by atoms with Crippen LogP contribution >= 0.6 is 15.9 Å². The molecule has 104 valence electrons. The summed E-state index contributed by atoms with van der Waals surface area (Å²) in [5.74, 6) is -0.423. The summed E-state index contributed by atoms with van der Waals surface area (Å²) < 4.78 is 5.42. The van der Waals surface area contributed by atoms with E-state index in [9.17, 15) is 14.9 Å². The number of anilines is 1. The first kappa shape index (κ1) is 15.4. The van der Waals surface area contributed by atoms with E-state index in [4.69, 9.17) is 4.74 Å². The van der Waals surface area contributed by atoms with Crippen molar-refractivity contribution in [3.8, 4) is 0 Å². The number of aromatic nitrogens is 1. The van der Waals surface area contributed by atoms with Crippen LogP contribution in [0, 0.1) is 10.1 Å². The van der Waals surface area contributed by atoms with E-state index in [1.165, 1.54) is 12.3 Å². The molecule has 0 radical (unpaired) electrons. The number of carbonyl (C=O) groups is 1. The molecule has 7 nitrogen and oxygen atoms in total. The maximum atomic E-state index is 11.3. The summed E-state index contributed by atoms with van der Waals surface area (Å²) in [7, 11) is 0. The summed E-state index contributed by atoms with van der Waals surface area (Å²) in [5, 5.41) is 13.4. The van der Waals surface area contributed by atoms with Crippen molar-refractivity contribution in [3.63, 3.8) is 0 Å². The molecule has 0 aliphatic heterocycles. The predicted octanol–water partition coefficient (Wildman–Crippen LogP) is 2.51. The van der Waals surface area contributed by atoms with Crippen molar-refractivity contribution in [2.75, 3.05) is 18.5 Å². The van der Waals surface area contributed by atoms with Crippen LogP contribution in [0.2, 0.25) is 0 Å². The zero-order chi connectivity index (χ0) is 14.3. The highest BCUT2D eigenvalue weighted by Crippen LogP contribution is 2.24. The lowest BCUT2D eigenvalue weighted by atomic mass is 10.4. The van der Waals surface area contributed by atoms with E-state index < -0.39 is 10.9 Å². The van der Waals surface area contributed by atoms with Gasteiger partial charge in [-0.15, -0.1) is 0 Å². The molecular weight excluding hydrogens is 318 g/mol. The number of nitro groups is 1. The minimum absolute atomic E-state index is 0.0423. The van der Waals surface area contributed by atoms with E-state index in [1.54, 1.807) is 0 Å². The smallest absolute Gasteiger partial charge is 0.325 e. The lowest BCUT2D eigenvalue weighted by Gasteiger charge is -2.06.